The van der Waals surface area contributed by atoms with E-state index in [0.29, 0.717) is 24.5 Å². The van der Waals surface area contributed by atoms with Crippen molar-refractivity contribution in [1.82, 2.24) is 14.9 Å². The Balaban J connectivity index is 1.84. The van der Waals surface area contributed by atoms with Gasteiger partial charge in [-0.1, -0.05) is 12.1 Å². The van der Waals surface area contributed by atoms with Crippen LogP contribution in [0.25, 0.3) is 11.3 Å². The zero-order valence-electron chi connectivity index (χ0n) is 15.8. The lowest BCUT2D eigenvalue weighted by Crippen LogP contribution is -2.36. The molecule has 1 atom stereocenters. The van der Waals surface area contributed by atoms with Gasteiger partial charge in [0.2, 0.25) is 0 Å². The number of nitrogens with one attached hydrogen (secondary N) is 1. The summed E-state index contributed by atoms with van der Waals surface area (Å²) in [6, 6.07) is 5.51. The van der Waals surface area contributed by atoms with Gasteiger partial charge in [-0.2, -0.15) is 0 Å². The van der Waals surface area contributed by atoms with E-state index in [2.05, 4.69) is 14.7 Å². The van der Waals surface area contributed by atoms with Gasteiger partial charge in [-0.15, -0.1) is 13.2 Å². The second-order valence-corrected chi connectivity index (χ2v) is 7.56. The van der Waals surface area contributed by atoms with Crippen molar-refractivity contribution in [2.45, 2.75) is 51.6 Å². The van der Waals surface area contributed by atoms with Crippen molar-refractivity contribution in [3.05, 3.63) is 36.3 Å². The number of likely N-dealkylation sites (tertiary alicyclic amines) is 1. The first kappa shape index (κ1) is 20.0. The lowest BCUT2D eigenvalue weighted by molar-refractivity contribution is -0.274. The molecule has 0 aliphatic carbocycles. The number of carbonyl (C=O) groups excluding carboxylic acids is 1. The van der Waals surface area contributed by atoms with Gasteiger partial charge >= 0.3 is 12.5 Å². The molecule has 2 aromatic rings. The van der Waals surface area contributed by atoms with E-state index in [9.17, 15) is 18.0 Å². The van der Waals surface area contributed by atoms with Crippen LogP contribution in [0.4, 0.5) is 18.0 Å². The molecule has 1 aromatic carbocycles. The fourth-order valence-electron chi connectivity index (χ4n) is 3.14. The van der Waals surface area contributed by atoms with Gasteiger partial charge in [-0.05, 0) is 45.7 Å². The number of alkyl halides is 3. The van der Waals surface area contributed by atoms with Crippen LogP contribution >= 0.6 is 0 Å². The summed E-state index contributed by atoms with van der Waals surface area (Å²) >= 11 is 0. The average Bonchev–Trinajstić information content (AvgIpc) is 3.21. The molecule has 9 heteroatoms. The second kappa shape index (κ2) is 7.37. The number of para-hydroxylation sites is 1. The lowest BCUT2D eigenvalue weighted by Gasteiger charge is -2.27. The molecule has 1 aromatic heterocycles. The molecule has 28 heavy (non-hydrogen) atoms. The smallest absolute Gasteiger partial charge is 0.444 e. The Kier molecular flexibility index (Phi) is 5.27. The highest BCUT2D eigenvalue weighted by molar-refractivity contribution is 5.69. The van der Waals surface area contributed by atoms with Gasteiger partial charge in [0.15, 0.2) is 0 Å². The molecule has 1 N–H and O–H groups in total. The number of aromatic nitrogens is 2. The van der Waals surface area contributed by atoms with E-state index in [1.165, 1.54) is 24.4 Å². The molecular formula is C19H22F3N3O3. The van der Waals surface area contributed by atoms with Crippen LogP contribution in [0.3, 0.4) is 0 Å². The zero-order chi connectivity index (χ0) is 20.5. The largest absolute Gasteiger partial charge is 0.573 e. The number of H-pyrrole nitrogens is 1. The number of nitrogens with zero attached hydrogens (tertiary/aromatic N) is 2. The van der Waals surface area contributed by atoms with Crippen LogP contribution in [-0.2, 0) is 4.74 Å². The predicted octanol–water partition coefficient (Wildman–Crippen LogP) is 5.05. The van der Waals surface area contributed by atoms with E-state index in [1.807, 2.05) is 0 Å². The highest BCUT2D eigenvalue weighted by Crippen LogP contribution is 2.36. The predicted molar refractivity (Wildman–Crippen MR) is 95.6 cm³/mol. The molecule has 0 radical (unpaired) electrons. The first-order chi connectivity index (χ1) is 13.0. The van der Waals surface area contributed by atoms with E-state index in [4.69, 9.17) is 4.74 Å². The molecule has 1 amide bonds. The van der Waals surface area contributed by atoms with Gasteiger partial charge in [0.05, 0.1) is 17.9 Å². The Labute approximate surface area is 160 Å². The van der Waals surface area contributed by atoms with E-state index in [-0.39, 0.29) is 17.4 Å². The summed E-state index contributed by atoms with van der Waals surface area (Å²) < 4.78 is 47.5. The quantitative estimate of drug-likeness (QED) is 0.787. The number of ether oxygens (including phenoxy) is 2. The van der Waals surface area contributed by atoms with Gasteiger partial charge < -0.3 is 14.5 Å². The SMILES string of the molecule is CC(C)(C)OC(=O)N1CCCC1c1ncc(-c2ccccc2OC(F)(F)F)[nH]1. The molecule has 1 aliphatic heterocycles. The number of benzene rings is 1. The van der Waals surface area contributed by atoms with Gasteiger partial charge in [0.1, 0.15) is 17.2 Å². The molecule has 1 saturated heterocycles. The molecule has 1 unspecified atom stereocenters. The number of hydrogen-bond acceptors (Lipinski definition) is 4. The van der Waals surface area contributed by atoms with Gasteiger partial charge in [-0.3, -0.25) is 4.90 Å². The number of rotatable bonds is 3. The van der Waals surface area contributed by atoms with Crippen LogP contribution < -0.4 is 4.74 Å². The van der Waals surface area contributed by atoms with Crippen molar-refractivity contribution in [3.63, 3.8) is 0 Å². The third-order valence-electron chi connectivity index (χ3n) is 4.19. The monoisotopic (exact) mass is 397 g/mol. The Bertz CT molecular complexity index is 843. The summed E-state index contributed by atoms with van der Waals surface area (Å²) in [6.07, 6.45) is -2.31. The van der Waals surface area contributed by atoms with E-state index in [1.54, 1.807) is 31.7 Å². The molecule has 0 spiro atoms. The zero-order valence-corrected chi connectivity index (χ0v) is 15.8. The molecular weight excluding hydrogens is 375 g/mol. The molecule has 2 heterocycles. The van der Waals surface area contributed by atoms with Crippen molar-refractivity contribution < 1.29 is 27.4 Å². The van der Waals surface area contributed by atoms with E-state index < -0.39 is 18.1 Å². The summed E-state index contributed by atoms with van der Waals surface area (Å²) in [6.45, 7) is 5.90. The fourth-order valence-corrected chi connectivity index (χ4v) is 3.14. The minimum Gasteiger partial charge on any atom is -0.444 e. The summed E-state index contributed by atoms with van der Waals surface area (Å²) in [5.74, 6) is 0.181. The van der Waals surface area contributed by atoms with Crippen LogP contribution in [0.15, 0.2) is 30.5 Å². The van der Waals surface area contributed by atoms with Crippen molar-refractivity contribution in [2.24, 2.45) is 0 Å². The number of hydrogen-bond donors (Lipinski definition) is 1. The first-order valence-corrected chi connectivity index (χ1v) is 8.93. The molecule has 1 fully saturated rings. The Hall–Kier alpha value is -2.71. The third-order valence-corrected chi connectivity index (χ3v) is 4.19. The third kappa shape index (κ3) is 4.76. The molecule has 6 nitrogen and oxygen atoms in total. The van der Waals surface area contributed by atoms with Gasteiger partial charge in [0, 0.05) is 12.1 Å². The maximum absolute atomic E-state index is 12.7. The Morgan fingerprint density at radius 3 is 2.64 bits per heavy atom. The second-order valence-electron chi connectivity index (χ2n) is 7.56. The topological polar surface area (TPSA) is 67.4 Å². The molecule has 0 bridgehead atoms. The Morgan fingerprint density at radius 1 is 1.25 bits per heavy atom. The van der Waals surface area contributed by atoms with Crippen LogP contribution in [-0.4, -0.2) is 39.5 Å². The molecule has 152 valence electrons. The van der Waals surface area contributed by atoms with Crippen LogP contribution in [0.2, 0.25) is 0 Å². The van der Waals surface area contributed by atoms with Crippen LogP contribution in [0, 0.1) is 0 Å². The number of carbonyl (C=O) groups is 1. The maximum Gasteiger partial charge on any atom is 0.573 e. The molecule has 0 saturated carbocycles. The number of aromatic amines is 1. The minimum atomic E-state index is -4.79. The fraction of sp³-hybridized carbons (Fsp3) is 0.474. The first-order valence-electron chi connectivity index (χ1n) is 8.93. The summed E-state index contributed by atoms with van der Waals surface area (Å²) in [7, 11) is 0. The molecule has 1 aliphatic rings. The standard InChI is InChI=1S/C19H22F3N3O3/c1-18(2,3)28-17(26)25-10-6-8-14(25)16-23-11-13(24-16)12-7-4-5-9-15(12)27-19(20,21)22/h4-5,7,9,11,14H,6,8,10H2,1-3H3,(H,23,24). The van der Waals surface area contributed by atoms with Crippen LogP contribution in [0.5, 0.6) is 5.75 Å². The van der Waals surface area contributed by atoms with Gasteiger partial charge in [-0.25, -0.2) is 9.78 Å². The van der Waals surface area contributed by atoms with Crippen LogP contribution in [0.1, 0.15) is 45.5 Å². The van der Waals surface area contributed by atoms with Crippen molar-refractivity contribution in [2.75, 3.05) is 6.54 Å². The van der Waals surface area contributed by atoms with Crippen molar-refractivity contribution in [3.8, 4) is 17.0 Å². The number of imidazole rings is 1. The highest BCUT2D eigenvalue weighted by atomic mass is 19.4. The lowest BCUT2D eigenvalue weighted by atomic mass is 10.1. The number of amides is 1. The van der Waals surface area contributed by atoms with E-state index in [0.717, 1.165) is 6.42 Å². The number of halogens is 3. The van der Waals surface area contributed by atoms with E-state index >= 15 is 0 Å². The maximum atomic E-state index is 12.7. The summed E-state index contributed by atoms with van der Waals surface area (Å²) in [4.78, 5) is 21.4. The summed E-state index contributed by atoms with van der Waals surface area (Å²) in [5.41, 5.74) is -0.00170. The summed E-state index contributed by atoms with van der Waals surface area (Å²) in [5, 5.41) is 0. The van der Waals surface area contributed by atoms with Gasteiger partial charge in [0.25, 0.3) is 0 Å². The van der Waals surface area contributed by atoms with Crippen molar-refractivity contribution in [1.29, 1.82) is 0 Å². The molecule has 3 rings (SSSR count). The minimum absolute atomic E-state index is 0.236. The average molecular weight is 397 g/mol. The normalized spacial score (nSPS) is 17.6. The van der Waals surface area contributed by atoms with Crippen molar-refractivity contribution >= 4 is 6.09 Å². The Morgan fingerprint density at radius 2 is 1.96 bits per heavy atom. The highest BCUT2D eigenvalue weighted by Gasteiger charge is 2.35.